The topological polar surface area (TPSA) is 39.4 Å². The van der Waals surface area contributed by atoms with Crippen molar-refractivity contribution in [2.75, 3.05) is 6.61 Å². The van der Waals surface area contributed by atoms with E-state index in [9.17, 15) is 4.79 Å². The Labute approximate surface area is 118 Å². The van der Waals surface area contributed by atoms with Gasteiger partial charge in [0.15, 0.2) is 0 Å². The number of aryl methyl sites for hydroxylation is 3. The molecule has 0 saturated carbocycles. The van der Waals surface area contributed by atoms with Crippen molar-refractivity contribution >= 4 is 11.0 Å². The monoisotopic (exact) mass is 272 g/mol. The summed E-state index contributed by atoms with van der Waals surface area (Å²) in [6, 6.07) is 3.78. The molecule has 0 amide bonds. The highest BCUT2D eigenvalue weighted by atomic mass is 16.5. The third-order valence-corrected chi connectivity index (χ3v) is 3.96. The highest BCUT2D eigenvalue weighted by Crippen LogP contribution is 2.36. The Bertz CT molecular complexity index is 697. The summed E-state index contributed by atoms with van der Waals surface area (Å²) < 4.78 is 11.4. The van der Waals surface area contributed by atoms with Gasteiger partial charge in [-0.2, -0.15) is 0 Å². The van der Waals surface area contributed by atoms with Crippen molar-refractivity contribution in [3.63, 3.8) is 0 Å². The maximum atomic E-state index is 11.8. The molecule has 3 rings (SSSR count). The van der Waals surface area contributed by atoms with Crippen LogP contribution in [0, 0.1) is 0 Å². The minimum atomic E-state index is -0.262. The van der Waals surface area contributed by atoms with E-state index in [-0.39, 0.29) is 5.63 Å². The standard InChI is InChI=1S/C17H20O3/c1-3-6-13-16-12(7-5-8-19-16)9-14-11(4-2)10-15(18)20-17(13)14/h9-10H,3-8H2,1-2H3. The quantitative estimate of drug-likeness (QED) is 0.801. The van der Waals surface area contributed by atoms with E-state index in [0.29, 0.717) is 0 Å². The van der Waals surface area contributed by atoms with Crippen LogP contribution in [0.15, 0.2) is 21.3 Å². The maximum absolute atomic E-state index is 11.8. The summed E-state index contributed by atoms with van der Waals surface area (Å²) in [7, 11) is 0. The van der Waals surface area contributed by atoms with Gasteiger partial charge < -0.3 is 9.15 Å². The van der Waals surface area contributed by atoms with Crippen molar-refractivity contribution in [3.05, 3.63) is 39.2 Å². The predicted molar refractivity (Wildman–Crippen MR) is 79.7 cm³/mol. The fraction of sp³-hybridized carbons (Fsp3) is 0.471. The van der Waals surface area contributed by atoms with Crippen LogP contribution in [0.1, 0.15) is 43.4 Å². The van der Waals surface area contributed by atoms with Crippen LogP contribution in [0.4, 0.5) is 0 Å². The predicted octanol–water partition coefficient (Wildman–Crippen LogP) is 3.63. The zero-order valence-corrected chi connectivity index (χ0v) is 12.1. The molecule has 106 valence electrons. The van der Waals surface area contributed by atoms with Gasteiger partial charge in [0.1, 0.15) is 11.3 Å². The second-order valence-corrected chi connectivity index (χ2v) is 5.37. The first-order valence-electron chi connectivity index (χ1n) is 7.48. The molecule has 3 heteroatoms. The largest absolute Gasteiger partial charge is 0.493 e. The molecule has 1 aromatic carbocycles. The van der Waals surface area contributed by atoms with Crippen LogP contribution in [0.2, 0.25) is 0 Å². The van der Waals surface area contributed by atoms with E-state index in [0.717, 1.165) is 66.6 Å². The Morgan fingerprint density at radius 2 is 2.10 bits per heavy atom. The minimum absolute atomic E-state index is 0.262. The molecule has 0 aliphatic carbocycles. The molecule has 1 aliphatic heterocycles. The summed E-state index contributed by atoms with van der Waals surface area (Å²) >= 11 is 0. The molecular weight excluding hydrogens is 252 g/mol. The normalized spacial score (nSPS) is 14.1. The zero-order valence-electron chi connectivity index (χ0n) is 12.1. The molecule has 0 fully saturated rings. The lowest BCUT2D eigenvalue weighted by atomic mass is 9.94. The van der Waals surface area contributed by atoms with E-state index in [1.54, 1.807) is 6.07 Å². The summed E-state index contributed by atoms with van der Waals surface area (Å²) in [6.45, 7) is 4.96. The van der Waals surface area contributed by atoms with Crippen LogP contribution >= 0.6 is 0 Å². The lowest BCUT2D eigenvalue weighted by molar-refractivity contribution is 0.285. The molecule has 20 heavy (non-hydrogen) atoms. The van der Waals surface area contributed by atoms with Crippen LogP contribution in [0.3, 0.4) is 0 Å². The molecule has 1 aliphatic rings. The molecule has 0 radical (unpaired) electrons. The molecule has 2 heterocycles. The van der Waals surface area contributed by atoms with Gasteiger partial charge in [-0.05, 0) is 42.9 Å². The van der Waals surface area contributed by atoms with E-state index in [1.165, 1.54) is 5.56 Å². The molecule has 0 saturated heterocycles. The molecule has 0 N–H and O–H groups in total. The number of benzene rings is 1. The average Bonchev–Trinajstić information content (AvgIpc) is 2.47. The first-order valence-corrected chi connectivity index (χ1v) is 7.48. The fourth-order valence-corrected chi connectivity index (χ4v) is 3.04. The fourth-order valence-electron chi connectivity index (χ4n) is 3.04. The van der Waals surface area contributed by atoms with Gasteiger partial charge in [0.2, 0.25) is 0 Å². The second-order valence-electron chi connectivity index (χ2n) is 5.37. The minimum Gasteiger partial charge on any atom is -0.493 e. The second kappa shape index (κ2) is 5.31. The zero-order chi connectivity index (χ0) is 14.1. The summed E-state index contributed by atoms with van der Waals surface area (Å²) in [5.74, 6) is 0.960. The Morgan fingerprint density at radius 1 is 1.25 bits per heavy atom. The van der Waals surface area contributed by atoms with E-state index in [2.05, 4.69) is 19.9 Å². The number of fused-ring (bicyclic) bond motifs is 2. The van der Waals surface area contributed by atoms with Crippen molar-refractivity contribution in [2.45, 2.75) is 46.0 Å². The summed E-state index contributed by atoms with van der Waals surface area (Å²) in [5, 5.41) is 1.08. The van der Waals surface area contributed by atoms with Gasteiger partial charge in [0.05, 0.1) is 6.61 Å². The van der Waals surface area contributed by atoms with E-state index in [4.69, 9.17) is 9.15 Å². The SMILES string of the molecule is CCCc1c2c(cc3c(CC)cc(=O)oc13)CCCO2. The van der Waals surface area contributed by atoms with Crippen LogP contribution in [-0.2, 0) is 19.3 Å². The molecule has 0 bridgehead atoms. The van der Waals surface area contributed by atoms with Crippen LogP contribution in [-0.4, -0.2) is 6.61 Å². The van der Waals surface area contributed by atoms with Crippen LogP contribution in [0.5, 0.6) is 5.75 Å². The van der Waals surface area contributed by atoms with Crippen molar-refractivity contribution < 1.29 is 9.15 Å². The van der Waals surface area contributed by atoms with E-state index >= 15 is 0 Å². The number of ether oxygens (including phenoxy) is 1. The molecule has 0 spiro atoms. The first-order chi connectivity index (χ1) is 9.74. The lowest BCUT2D eigenvalue weighted by Crippen LogP contribution is -2.12. The van der Waals surface area contributed by atoms with Crippen molar-refractivity contribution in [2.24, 2.45) is 0 Å². The first kappa shape index (κ1) is 13.2. The molecule has 1 aromatic heterocycles. The number of hydrogen-bond acceptors (Lipinski definition) is 3. The van der Waals surface area contributed by atoms with Gasteiger partial charge in [-0.25, -0.2) is 4.79 Å². The molecule has 2 aromatic rings. The molecule has 0 atom stereocenters. The average molecular weight is 272 g/mol. The van der Waals surface area contributed by atoms with Gasteiger partial charge in [-0.15, -0.1) is 0 Å². The van der Waals surface area contributed by atoms with Crippen molar-refractivity contribution in [1.82, 2.24) is 0 Å². The highest BCUT2D eigenvalue weighted by molar-refractivity contribution is 5.86. The van der Waals surface area contributed by atoms with Crippen LogP contribution < -0.4 is 10.4 Å². The Kier molecular flexibility index (Phi) is 3.51. The number of hydrogen-bond donors (Lipinski definition) is 0. The van der Waals surface area contributed by atoms with Gasteiger partial charge >= 0.3 is 5.63 Å². The summed E-state index contributed by atoms with van der Waals surface area (Å²) in [4.78, 5) is 11.8. The third kappa shape index (κ3) is 2.11. The summed E-state index contributed by atoms with van der Waals surface area (Å²) in [5.41, 5.74) is 3.88. The van der Waals surface area contributed by atoms with E-state index in [1.807, 2.05) is 0 Å². The lowest BCUT2D eigenvalue weighted by Gasteiger charge is -2.22. The van der Waals surface area contributed by atoms with Gasteiger partial charge in [-0.1, -0.05) is 20.3 Å². The Hall–Kier alpha value is -1.77. The number of rotatable bonds is 3. The van der Waals surface area contributed by atoms with E-state index < -0.39 is 0 Å². The molecular formula is C17H20O3. The van der Waals surface area contributed by atoms with Crippen LogP contribution in [0.25, 0.3) is 11.0 Å². The van der Waals surface area contributed by atoms with Gasteiger partial charge in [-0.3, -0.25) is 0 Å². The van der Waals surface area contributed by atoms with Gasteiger partial charge in [0, 0.05) is 17.0 Å². The smallest absolute Gasteiger partial charge is 0.336 e. The molecule has 0 unspecified atom stereocenters. The molecule has 3 nitrogen and oxygen atoms in total. The highest BCUT2D eigenvalue weighted by Gasteiger charge is 2.20. The third-order valence-electron chi connectivity index (χ3n) is 3.96. The van der Waals surface area contributed by atoms with Crippen molar-refractivity contribution in [1.29, 1.82) is 0 Å². The summed E-state index contributed by atoms with van der Waals surface area (Å²) in [6.07, 6.45) is 4.84. The maximum Gasteiger partial charge on any atom is 0.336 e. The van der Waals surface area contributed by atoms with Gasteiger partial charge in [0.25, 0.3) is 0 Å². The Morgan fingerprint density at radius 3 is 2.85 bits per heavy atom. The Balaban J connectivity index is 2.38. The van der Waals surface area contributed by atoms with Crippen molar-refractivity contribution in [3.8, 4) is 5.75 Å².